The van der Waals surface area contributed by atoms with Gasteiger partial charge in [0.05, 0.1) is 39.0 Å². The van der Waals surface area contributed by atoms with E-state index in [2.05, 4.69) is 46.9 Å². The molecule has 3 unspecified atom stereocenters. The molecule has 1 fully saturated rings. The molecule has 0 heterocycles. The van der Waals surface area contributed by atoms with E-state index in [9.17, 15) is 14.4 Å². The van der Waals surface area contributed by atoms with Crippen LogP contribution < -0.4 is 14.8 Å². The molecule has 0 radical (unpaired) electrons. The number of carbonyl (C=O) groups excluding carboxylic acids is 3. The number of hydrogen-bond donors (Lipinski definition) is 1. The van der Waals surface area contributed by atoms with Crippen molar-refractivity contribution in [1.82, 2.24) is 5.32 Å². The van der Waals surface area contributed by atoms with Gasteiger partial charge in [0, 0.05) is 13.5 Å². The molecule has 1 aliphatic carbocycles. The predicted octanol–water partition coefficient (Wildman–Crippen LogP) is 8.79. The van der Waals surface area contributed by atoms with E-state index in [0.717, 1.165) is 11.1 Å². The first-order valence-electron chi connectivity index (χ1n) is 18.2. The quantitative estimate of drug-likeness (QED) is 0.134. The second-order valence-electron chi connectivity index (χ2n) is 15.4. The number of amides is 1. The molecule has 0 bridgehead atoms. The van der Waals surface area contributed by atoms with Crippen molar-refractivity contribution in [3.05, 3.63) is 59.2 Å². The van der Waals surface area contributed by atoms with Crippen molar-refractivity contribution in [2.45, 2.75) is 122 Å². The molecule has 2 aromatic rings. The molecule has 11 heteroatoms. The summed E-state index contributed by atoms with van der Waals surface area (Å²) in [6, 6.07) is 12.8. The van der Waals surface area contributed by atoms with E-state index in [0.29, 0.717) is 29.9 Å². The fourth-order valence-corrected chi connectivity index (χ4v) is 13.3. The molecule has 1 aliphatic rings. The van der Waals surface area contributed by atoms with Crippen LogP contribution in [0.15, 0.2) is 42.5 Å². The number of hydrogen-bond acceptors (Lipinski definition) is 9. The Bertz CT molecular complexity index is 1430. The van der Waals surface area contributed by atoms with Crippen molar-refractivity contribution >= 4 is 26.2 Å². The topological polar surface area (TPSA) is 119 Å². The van der Waals surface area contributed by atoms with Gasteiger partial charge in [0.1, 0.15) is 11.7 Å². The summed E-state index contributed by atoms with van der Waals surface area (Å²) in [5.74, 6) is 0.298. The molecule has 0 aromatic heterocycles. The van der Waals surface area contributed by atoms with Gasteiger partial charge in [-0.25, -0.2) is 9.59 Å². The molecule has 0 spiro atoms. The third-order valence-corrected chi connectivity index (χ3v) is 16.2. The van der Waals surface area contributed by atoms with Gasteiger partial charge in [0.25, 0.3) is 0 Å². The van der Waals surface area contributed by atoms with Gasteiger partial charge in [-0.1, -0.05) is 59.7 Å². The Labute approximate surface area is 306 Å². The van der Waals surface area contributed by atoms with Crippen LogP contribution in [-0.2, 0) is 23.4 Å². The average molecular weight is 728 g/mol. The summed E-state index contributed by atoms with van der Waals surface area (Å²) >= 11 is 0. The molecule has 1 N–H and O–H groups in total. The number of ketones is 1. The van der Waals surface area contributed by atoms with Gasteiger partial charge >= 0.3 is 12.1 Å². The minimum atomic E-state index is -2.53. The Morgan fingerprint density at radius 3 is 2.02 bits per heavy atom. The summed E-state index contributed by atoms with van der Waals surface area (Å²) in [4.78, 5) is 39.2. The first-order valence-corrected chi connectivity index (χ1v) is 20.3. The maximum Gasteiger partial charge on any atom is 0.407 e. The Morgan fingerprint density at radius 2 is 1.49 bits per heavy atom. The number of methoxy groups -OCH3 is 3. The van der Waals surface area contributed by atoms with E-state index in [1.807, 2.05) is 39.0 Å². The van der Waals surface area contributed by atoms with Gasteiger partial charge in [-0.15, -0.1) is 0 Å². The summed E-state index contributed by atoms with van der Waals surface area (Å²) in [5, 5.41) is 3.00. The van der Waals surface area contributed by atoms with Crippen molar-refractivity contribution in [3.63, 3.8) is 0 Å². The third kappa shape index (κ3) is 10.6. The fraction of sp³-hybridized carbons (Fsp3) is 0.625. The van der Waals surface area contributed by atoms with Crippen molar-refractivity contribution in [2.24, 2.45) is 5.92 Å². The van der Waals surface area contributed by atoms with Crippen LogP contribution >= 0.6 is 0 Å². The lowest BCUT2D eigenvalue weighted by molar-refractivity contribution is -0.133. The second kappa shape index (κ2) is 18.4. The van der Waals surface area contributed by atoms with Crippen LogP contribution in [0.1, 0.15) is 115 Å². The van der Waals surface area contributed by atoms with E-state index in [-0.39, 0.29) is 53.8 Å². The molecule has 0 aliphatic heterocycles. The number of ether oxygens (including phenoxy) is 5. The standard InChI is InChI=1S/C40H61NO9Si/c1-25(2)51(26(3)4,27(5)6)50-37(24-41-39(44)49-40(7,8)9)32-23-36(47-12)35(46-11)22-31(32)30-21-34(45-10)33(42)20-29(30)18-19-48-38(43)28-16-14-13-15-17-28/h13-17,22-23,25-27,29-30,34,37H,18-21,24H2,1-12H3,(H,41,44)/t29?,30?,34?,37-/m1/s1. The van der Waals surface area contributed by atoms with Gasteiger partial charge in [-0.2, -0.15) is 0 Å². The monoisotopic (exact) mass is 727 g/mol. The number of Topliss-reactive ketones (excluding diaryl/α,β-unsaturated/α-hetero) is 1. The minimum Gasteiger partial charge on any atom is -0.493 e. The number of benzene rings is 2. The third-order valence-electron chi connectivity index (χ3n) is 10.1. The van der Waals surface area contributed by atoms with Gasteiger partial charge < -0.3 is 33.4 Å². The predicted molar refractivity (Wildman–Crippen MR) is 201 cm³/mol. The molecule has 0 saturated heterocycles. The Kier molecular flexibility index (Phi) is 15.1. The number of rotatable bonds is 16. The molecule has 51 heavy (non-hydrogen) atoms. The lowest BCUT2D eigenvalue weighted by atomic mass is 9.71. The van der Waals surface area contributed by atoms with Crippen molar-refractivity contribution in [3.8, 4) is 11.5 Å². The maximum atomic E-state index is 13.3. The van der Waals surface area contributed by atoms with Crippen LogP contribution in [-0.4, -0.2) is 72.3 Å². The summed E-state index contributed by atoms with van der Waals surface area (Å²) in [5.41, 5.74) is 2.34. The van der Waals surface area contributed by atoms with E-state index in [1.165, 1.54) is 0 Å². The molecule has 2 aromatic carbocycles. The lowest BCUT2D eigenvalue weighted by Crippen LogP contribution is -2.50. The van der Waals surface area contributed by atoms with Crippen LogP contribution in [0.2, 0.25) is 16.6 Å². The Hall–Kier alpha value is -3.41. The SMILES string of the molecule is COc1cc(C2CC(OC)C(=O)CC2CCOC(=O)c2ccccc2)c([C@@H](CNC(=O)OC(C)(C)C)O[Si](C(C)C)(C(C)C)C(C)C)cc1OC. The zero-order valence-corrected chi connectivity index (χ0v) is 33.8. The van der Waals surface area contributed by atoms with Crippen LogP contribution in [0.3, 0.4) is 0 Å². The largest absolute Gasteiger partial charge is 0.493 e. The minimum absolute atomic E-state index is 0.0143. The van der Waals surface area contributed by atoms with E-state index in [4.69, 9.17) is 28.1 Å². The summed E-state index contributed by atoms with van der Waals surface area (Å²) in [6.45, 7) is 19.1. The highest BCUT2D eigenvalue weighted by Crippen LogP contribution is 2.49. The van der Waals surface area contributed by atoms with E-state index in [1.54, 1.807) is 45.6 Å². The summed E-state index contributed by atoms with van der Waals surface area (Å²) < 4.78 is 36.2. The molecule has 4 atom stereocenters. The second-order valence-corrected chi connectivity index (χ2v) is 20.8. The van der Waals surface area contributed by atoms with Gasteiger partial charge in [0.2, 0.25) is 8.32 Å². The van der Waals surface area contributed by atoms with Crippen LogP contribution in [0, 0.1) is 5.92 Å². The number of nitrogens with one attached hydrogen (secondary N) is 1. The van der Waals surface area contributed by atoms with Crippen molar-refractivity contribution < 1.29 is 42.5 Å². The van der Waals surface area contributed by atoms with E-state index < -0.39 is 38.2 Å². The summed E-state index contributed by atoms with van der Waals surface area (Å²) in [6.07, 6.45) is -0.587. The smallest absolute Gasteiger partial charge is 0.407 e. The molecular weight excluding hydrogens is 667 g/mol. The molecule has 1 saturated carbocycles. The van der Waals surface area contributed by atoms with E-state index >= 15 is 0 Å². The summed E-state index contributed by atoms with van der Waals surface area (Å²) in [7, 11) is 2.21. The van der Waals surface area contributed by atoms with Gasteiger partial charge in [-0.3, -0.25) is 4.79 Å². The molecule has 1 amide bonds. The first-order chi connectivity index (χ1) is 24.0. The normalized spacial score (nSPS) is 18.9. The van der Waals surface area contributed by atoms with Crippen LogP contribution in [0.5, 0.6) is 11.5 Å². The molecule has 3 rings (SSSR count). The number of esters is 1. The zero-order chi connectivity index (χ0) is 38.1. The maximum absolute atomic E-state index is 13.3. The molecule has 10 nitrogen and oxygen atoms in total. The lowest BCUT2D eigenvalue weighted by Gasteiger charge is -2.45. The first kappa shape index (κ1) is 42.0. The average Bonchev–Trinajstić information content (AvgIpc) is 3.07. The zero-order valence-electron chi connectivity index (χ0n) is 32.8. The van der Waals surface area contributed by atoms with Crippen molar-refractivity contribution in [1.29, 1.82) is 0 Å². The van der Waals surface area contributed by atoms with Crippen LogP contribution in [0.25, 0.3) is 0 Å². The molecule has 284 valence electrons. The number of carbonyl (C=O) groups is 3. The highest BCUT2D eigenvalue weighted by molar-refractivity contribution is 6.77. The van der Waals surface area contributed by atoms with Gasteiger partial charge in [0.15, 0.2) is 17.3 Å². The van der Waals surface area contributed by atoms with Gasteiger partial charge in [-0.05, 0) is 97.5 Å². The Morgan fingerprint density at radius 1 is 0.902 bits per heavy atom. The fourth-order valence-electron chi connectivity index (χ4n) is 7.83. The molecular formula is C40H61NO9Si. The van der Waals surface area contributed by atoms with Crippen LogP contribution in [0.4, 0.5) is 4.79 Å². The highest BCUT2D eigenvalue weighted by Gasteiger charge is 2.48. The highest BCUT2D eigenvalue weighted by atomic mass is 28.4. The number of alkyl carbamates (subject to hydrolysis) is 1. The Balaban J connectivity index is 2.17. The van der Waals surface area contributed by atoms with Crippen molar-refractivity contribution in [2.75, 3.05) is 34.5 Å².